The number of likely N-dealkylation sites (N-methyl/N-ethyl adjacent to an activating group) is 1. The smallest absolute Gasteiger partial charge is 0.387 e. The van der Waals surface area contributed by atoms with Crippen molar-refractivity contribution < 1.29 is 27.4 Å². The van der Waals surface area contributed by atoms with Crippen LogP contribution in [0.15, 0.2) is 48.5 Å². The largest absolute Gasteiger partial charge is 0.493 e. The zero-order chi connectivity index (χ0) is 19.1. The van der Waals surface area contributed by atoms with E-state index < -0.39 is 6.61 Å². The van der Waals surface area contributed by atoms with Gasteiger partial charge in [0, 0.05) is 19.7 Å². The number of amides is 1. The second-order valence-electron chi connectivity index (χ2n) is 5.44. The standard InChI is InChI=1S/C19H18F3NO3/c1-23(12-14-3-7-15(20)8-4-14)18(24)10-6-13-5-9-16(26-19(21)22)17(11-13)25-2/h3-11,19H,12H2,1-2H3/b10-6+. The molecule has 0 heterocycles. The summed E-state index contributed by atoms with van der Waals surface area (Å²) < 4.78 is 46.9. The quantitative estimate of drug-likeness (QED) is 0.693. The lowest BCUT2D eigenvalue weighted by Crippen LogP contribution is -2.24. The molecule has 0 bridgehead atoms. The number of carbonyl (C=O) groups excluding carboxylic acids is 1. The first-order chi connectivity index (χ1) is 12.4. The summed E-state index contributed by atoms with van der Waals surface area (Å²) >= 11 is 0. The van der Waals surface area contributed by atoms with Gasteiger partial charge in [-0.15, -0.1) is 0 Å². The lowest BCUT2D eigenvalue weighted by Gasteiger charge is -2.15. The highest BCUT2D eigenvalue weighted by Gasteiger charge is 2.11. The maximum absolute atomic E-state index is 12.9. The highest BCUT2D eigenvalue weighted by molar-refractivity contribution is 5.91. The van der Waals surface area contributed by atoms with Crippen molar-refractivity contribution in [2.75, 3.05) is 14.2 Å². The third-order valence-corrected chi connectivity index (χ3v) is 3.53. The van der Waals surface area contributed by atoms with Crippen molar-refractivity contribution in [3.63, 3.8) is 0 Å². The average molecular weight is 365 g/mol. The monoisotopic (exact) mass is 365 g/mol. The minimum Gasteiger partial charge on any atom is -0.493 e. The van der Waals surface area contributed by atoms with Crippen LogP contribution in [0.1, 0.15) is 11.1 Å². The van der Waals surface area contributed by atoms with Gasteiger partial charge in [-0.1, -0.05) is 18.2 Å². The third kappa shape index (κ3) is 5.54. The molecule has 0 saturated carbocycles. The number of halogens is 3. The van der Waals surface area contributed by atoms with Gasteiger partial charge in [-0.3, -0.25) is 4.79 Å². The molecule has 26 heavy (non-hydrogen) atoms. The van der Waals surface area contributed by atoms with Gasteiger partial charge in [-0.25, -0.2) is 4.39 Å². The average Bonchev–Trinajstić information content (AvgIpc) is 2.62. The molecule has 0 saturated heterocycles. The maximum atomic E-state index is 12.9. The minimum atomic E-state index is -2.95. The van der Waals surface area contributed by atoms with Crippen LogP contribution < -0.4 is 9.47 Å². The van der Waals surface area contributed by atoms with Crippen LogP contribution in [0.2, 0.25) is 0 Å². The molecule has 4 nitrogen and oxygen atoms in total. The van der Waals surface area contributed by atoms with Crippen molar-refractivity contribution in [2.24, 2.45) is 0 Å². The van der Waals surface area contributed by atoms with Gasteiger partial charge in [-0.05, 0) is 41.5 Å². The Morgan fingerprint density at radius 3 is 2.46 bits per heavy atom. The van der Waals surface area contributed by atoms with Crippen molar-refractivity contribution >= 4 is 12.0 Å². The predicted molar refractivity (Wildman–Crippen MR) is 91.5 cm³/mol. The number of ether oxygens (including phenoxy) is 2. The van der Waals surface area contributed by atoms with E-state index in [9.17, 15) is 18.0 Å². The summed E-state index contributed by atoms with van der Waals surface area (Å²) in [5.41, 5.74) is 1.39. The molecule has 0 atom stereocenters. The van der Waals surface area contributed by atoms with Crippen LogP contribution in [-0.4, -0.2) is 31.6 Å². The summed E-state index contributed by atoms with van der Waals surface area (Å²) in [5.74, 6) is -0.545. The number of carbonyl (C=O) groups is 1. The number of hydrogen-bond donors (Lipinski definition) is 0. The van der Waals surface area contributed by atoms with Gasteiger partial charge in [0.05, 0.1) is 7.11 Å². The Bertz CT molecular complexity index is 776. The maximum Gasteiger partial charge on any atom is 0.387 e. The third-order valence-electron chi connectivity index (χ3n) is 3.53. The number of benzene rings is 2. The number of hydrogen-bond acceptors (Lipinski definition) is 3. The van der Waals surface area contributed by atoms with Crippen LogP contribution in [-0.2, 0) is 11.3 Å². The predicted octanol–water partition coefficient (Wildman–Crippen LogP) is 4.11. The molecule has 0 aliphatic rings. The lowest BCUT2D eigenvalue weighted by atomic mass is 10.1. The molecular weight excluding hydrogens is 347 g/mol. The highest BCUT2D eigenvalue weighted by atomic mass is 19.3. The molecule has 0 fully saturated rings. The van der Waals surface area contributed by atoms with Crippen molar-refractivity contribution in [3.05, 3.63) is 65.5 Å². The zero-order valence-electron chi connectivity index (χ0n) is 14.3. The second-order valence-corrected chi connectivity index (χ2v) is 5.44. The molecule has 138 valence electrons. The highest BCUT2D eigenvalue weighted by Crippen LogP contribution is 2.29. The van der Waals surface area contributed by atoms with E-state index in [2.05, 4.69) is 4.74 Å². The summed E-state index contributed by atoms with van der Waals surface area (Å²) in [7, 11) is 2.96. The van der Waals surface area contributed by atoms with E-state index in [0.717, 1.165) is 5.56 Å². The summed E-state index contributed by atoms with van der Waals surface area (Å²) in [5, 5.41) is 0. The van der Waals surface area contributed by atoms with Crippen LogP contribution in [0.25, 0.3) is 6.08 Å². The Morgan fingerprint density at radius 2 is 1.85 bits per heavy atom. The van der Waals surface area contributed by atoms with Gasteiger partial charge in [-0.2, -0.15) is 8.78 Å². The van der Waals surface area contributed by atoms with E-state index in [1.165, 1.54) is 54.5 Å². The molecule has 2 rings (SSSR count). The Balaban J connectivity index is 2.03. The normalized spacial score (nSPS) is 11.0. The first-order valence-electron chi connectivity index (χ1n) is 7.69. The van der Waals surface area contributed by atoms with Gasteiger partial charge in [0.2, 0.25) is 5.91 Å². The molecule has 0 radical (unpaired) electrons. The van der Waals surface area contributed by atoms with Gasteiger partial charge in [0.25, 0.3) is 0 Å². The molecule has 0 aliphatic carbocycles. The first kappa shape index (κ1) is 19.4. The zero-order valence-corrected chi connectivity index (χ0v) is 14.3. The SMILES string of the molecule is COc1cc(/C=C/C(=O)N(C)Cc2ccc(F)cc2)ccc1OC(F)F. The Morgan fingerprint density at radius 1 is 1.15 bits per heavy atom. The Labute approximate surface area is 149 Å². The fourth-order valence-electron chi connectivity index (χ4n) is 2.22. The van der Waals surface area contributed by atoms with E-state index in [-0.39, 0.29) is 23.2 Å². The van der Waals surface area contributed by atoms with Crippen molar-refractivity contribution in [1.82, 2.24) is 4.90 Å². The summed E-state index contributed by atoms with van der Waals surface area (Å²) in [4.78, 5) is 13.6. The van der Waals surface area contributed by atoms with E-state index in [1.807, 2.05) is 0 Å². The van der Waals surface area contributed by atoms with Crippen LogP contribution in [0, 0.1) is 5.82 Å². The second kappa shape index (κ2) is 8.94. The topological polar surface area (TPSA) is 38.8 Å². The fraction of sp³-hybridized carbons (Fsp3) is 0.211. The van der Waals surface area contributed by atoms with Crippen LogP contribution in [0.3, 0.4) is 0 Å². The molecule has 7 heteroatoms. The number of methoxy groups -OCH3 is 1. The van der Waals surface area contributed by atoms with Crippen molar-refractivity contribution in [2.45, 2.75) is 13.2 Å². The van der Waals surface area contributed by atoms with Gasteiger partial charge < -0.3 is 14.4 Å². The lowest BCUT2D eigenvalue weighted by molar-refractivity contribution is -0.125. The molecule has 2 aromatic rings. The molecule has 0 aromatic heterocycles. The van der Waals surface area contributed by atoms with Crippen molar-refractivity contribution in [1.29, 1.82) is 0 Å². The van der Waals surface area contributed by atoms with Gasteiger partial charge >= 0.3 is 6.61 Å². The summed E-state index contributed by atoms with van der Waals surface area (Å²) in [6, 6.07) is 10.2. The summed E-state index contributed by atoms with van der Waals surface area (Å²) in [6.07, 6.45) is 2.89. The summed E-state index contributed by atoms with van der Waals surface area (Å²) in [6.45, 7) is -2.62. The van der Waals surface area contributed by atoms with E-state index in [0.29, 0.717) is 12.1 Å². The van der Waals surface area contributed by atoms with Crippen LogP contribution in [0.5, 0.6) is 11.5 Å². The fourth-order valence-corrected chi connectivity index (χ4v) is 2.22. The number of nitrogens with zero attached hydrogens (tertiary/aromatic N) is 1. The van der Waals surface area contributed by atoms with Crippen molar-refractivity contribution in [3.8, 4) is 11.5 Å². The van der Waals surface area contributed by atoms with Crippen LogP contribution >= 0.6 is 0 Å². The van der Waals surface area contributed by atoms with E-state index >= 15 is 0 Å². The molecule has 0 aliphatic heterocycles. The molecule has 0 unspecified atom stereocenters. The molecule has 0 N–H and O–H groups in total. The molecular formula is C19H18F3NO3. The molecule has 0 spiro atoms. The Kier molecular flexibility index (Phi) is 6.66. The Hall–Kier alpha value is -2.96. The number of alkyl halides is 2. The van der Waals surface area contributed by atoms with Gasteiger partial charge in [0.15, 0.2) is 11.5 Å². The molecule has 1 amide bonds. The van der Waals surface area contributed by atoms with Crippen LogP contribution in [0.4, 0.5) is 13.2 Å². The first-order valence-corrected chi connectivity index (χ1v) is 7.69. The van der Waals surface area contributed by atoms with Gasteiger partial charge in [0.1, 0.15) is 5.82 Å². The minimum absolute atomic E-state index is 0.0839. The molecule has 2 aromatic carbocycles. The van der Waals surface area contributed by atoms with E-state index in [4.69, 9.17) is 4.74 Å². The van der Waals surface area contributed by atoms with E-state index in [1.54, 1.807) is 19.2 Å². The number of rotatable bonds is 7.